The van der Waals surface area contributed by atoms with Gasteiger partial charge >= 0.3 is 11.8 Å². The van der Waals surface area contributed by atoms with Crippen LogP contribution in [0.25, 0.3) is 0 Å². The highest BCUT2D eigenvalue weighted by Crippen LogP contribution is 2.13. The Morgan fingerprint density at radius 1 is 0.880 bits per heavy atom. The average Bonchev–Trinajstić information content (AvgIpc) is 3.16. The van der Waals surface area contributed by atoms with Gasteiger partial charge in [0.25, 0.3) is 5.91 Å². The van der Waals surface area contributed by atoms with Crippen molar-refractivity contribution in [3.8, 4) is 0 Å². The predicted octanol–water partition coefficient (Wildman–Crippen LogP) is -0.0148. The number of hydrogen-bond donors (Lipinski definition) is 0. The molecule has 2 saturated heterocycles. The first kappa shape index (κ1) is 17.5. The summed E-state index contributed by atoms with van der Waals surface area (Å²) in [4.78, 5) is 41.7. The largest absolute Gasteiger partial charge is 0.456 e. The van der Waals surface area contributed by atoms with E-state index >= 15 is 0 Å². The Labute approximate surface area is 146 Å². The lowest BCUT2D eigenvalue weighted by molar-refractivity contribution is -0.154. The molecule has 0 atom stereocenters. The van der Waals surface area contributed by atoms with Crippen LogP contribution in [-0.4, -0.2) is 84.9 Å². The maximum atomic E-state index is 12.4. The second-order valence-corrected chi connectivity index (χ2v) is 6.11. The van der Waals surface area contributed by atoms with E-state index < -0.39 is 11.8 Å². The molecule has 3 rings (SSSR count). The molecule has 1 aromatic heterocycles. The molecule has 0 N–H and O–H groups in total. The fraction of sp³-hybridized carbons (Fsp3) is 0.588. The molecular formula is C17H23N3O5. The van der Waals surface area contributed by atoms with Crippen LogP contribution in [0.2, 0.25) is 0 Å². The molecule has 136 valence electrons. The first-order chi connectivity index (χ1) is 12.1. The smallest absolute Gasteiger partial charge is 0.312 e. The average molecular weight is 349 g/mol. The topological polar surface area (TPSA) is 83.3 Å². The van der Waals surface area contributed by atoms with E-state index in [1.807, 2.05) is 6.92 Å². The van der Waals surface area contributed by atoms with Crippen LogP contribution in [-0.2, 0) is 20.7 Å². The number of hydrogen-bond acceptors (Lipinski definition) is 5. The summed E-state index contributed by atoms with van der Waals surface area (Å²) < 4.78 is 10.7. The molecule has 3 amide bonds. The van der Waals surface area contributed by atoms with Crippen LogP contribution in [0.15, 0.2) is 16.5 Å². The summed E-state index contributed by atoms with van der Waals surface area (Å²) in [5.41, 5.74) is 0. The molecule has 2 aliphatic rings. The molecule has 25 heavy (non-hydrogen) atoms. The summed E-state index contributed by atoms with van der Waals surface area (Å²) in [5.74, 6) is -0.0671. The van der Waals surface area contributed by atoms with Gasteiger partial charge in [-0.15, -0.1) is 0 Å². The summed E-state index contributed by atoms with van der Waals surface area (Å²) in [7, 11) is 0. The monoisotopic (exact) mass is 349 g/mol. The van der Waals surface area contributed by atoms with Gasteiger partial charge in [-0.2, -0.15) is 0 Å². The highest BCUT2D eigenvalue weighted by Gasteiger charge is 2.32. The van der Waals surface area contributed by atoms with Crippen molar-refractivity contribution in [2.45, 2.75) is 13.3 Å². The van der Waals surface area contributed by atoms with E-state index in [2.05, 4.69) is 0 Å². The Kier molecular flexibility index (Phi) is 5.37. The van der Waals surface area contributed by atoms with Gasteiger partial charge < -0.3 is 23.9 Å². The van der Waals surface area contributed by atoms with Crippen molar-refractivity contribution in [2.24, 2.45) is 0 Å². The highest BCUT2D eigenvalue weighted by molar-refractivity contribution is 6.34. The van der Waals surface area contributed by atoms with Crippen molar-refractivity contribution >= 4 is 17.7 Å². The van der Waals surface area contributed by atoms with Gasteiger partial charge in [0.05, 0.1) is 13.2 Å². The summed E-state index contributed by atoms with van der Waals surface area (Å²) in [6, 6.07) is 3.48. The molecule has 0 spiro atoms. The minimum absolute atomic E-state index is 0.175. The first-order valence-electron chi connectivity index (χ1n) is 8.64. The number of aryl methyl sites for hydroxylation is 1. The van der Waals surface area contributed by atoms with Crippen molar-refractivity contribution in [1.82, 2.24) is 14.7 Å². The van der Waals surface area contributed by atoms with Crippen LogP contribution in [0, 0.1) is 0 Å². The summed E-state index contributed by atoms with van der Waals surface area (Å²) in [6.45, 7) is 5.26. The number of rotatable bonds is 2. The van der Waals surface area contributed by atoms with Gasteiger partial charge in [0.15, 0.2) is 5.76 Å². The number of ether oxygens (including phenoxy) is 1. The number of furan rings is 1. The van der Waals surface area contributed by atoms with Gasteiger partial charge in [-0.1, -0.05) is 6.92 Å². The molecule has 3 heterocycles. The van der Waals surface area contributed by atoms with E-state index in [0.717, 1.165) is 12.2 Å². The maximum Gasteiger partial charge on any atom is 0.312 e. The lowest BCUT2D eigenvalue weighted by Gasteiger charge is -2.35. The van der Waals surface area contributed by atoms with Gasteiger partial charge in [0.1, 0.15) is 5.76 Å². The molecule has 0 saturated carbocycles. The Bertz CT molecular complexity index is 642. The lowest BCUT2D eigenvalue weighted by atomic mass is 10.2. The quantitative estimate of drug-likeness (QED) is 0.701. The van der Waals surface area contributed by atoms with Crippen molar-refractivity contribution < 1.29 is 23.5 Å². The fourth-order valence-corrected chi connectivity index (χ4v) is 2.99. The molecular weight excluding hydrogens is 326 g/mol. The van der Waals surface area contributed by atoms with Crippen LogP contribution >= 0.6 is 0 Å². The summed E-state index contributed by atoms with van der Waals surface area (Å²) in [5, 5.41) is 0. The number of morpholine rings is 1. The highest BCUT2D eigenvalue weighted by atomic mass is 16.5. The van der Waals surface area contributed by atoms with Crippen molar-refractivity contribution in [3.63, 3.8) is 0 Å². The molecule has 0 bridgehead atoms. The molecule has 2 fully saturated rings. The van der Waals surface area contributed by atoms with Crippen LogP contribution in [0.5, 0.6) is 0 Å². The van der Waals surface area contributed by atoms with Crippen LogP contribution < -0.4 is 0 Å². The first-order valence-corrected chi connectivity index (χ1v) is 8.64. The Hall–Kier alpha value is -2.35. The van der Waals surface area contributed by atoms with E-state index in [0.29, 0.717) is 58.2 Å². The van der Waals surface area contributed by atoms with E-state index in [4.69, 9.17) is 9.15 Å². The van der Waals surface area contributed by atoms with E-state index in [1.165, 1.54) is 9.80 Å². The number of nitrogens with zero attached hydrogens (tertiary/aromatic N) is 3. The van der Waals surface area contributed by atoms with Gasteiger partial charge in [-0.05, 0) is 12.1 Å². The second kappa shape index (κ2) is 7.69. The second-order valence-electron chi connectivity index (χ2n) is 6.11. The molecule has 8 nitrogen and oxygen atoms in total. The molecule has 0 radical (unpaired) electrons. The number of amides is 3. The van der Waals surface area contributed by atoms with Gasteiger partial charge in [-0.3, -0.25) is 14.4 Å². The van der Waals surface area contributed by atoms with E-state index in [9.17, 15) is 14.4 Å². The number of carbonyl (C=O) groups excluding carboxylic acids is 3. The Balaban J connectivity index is 1.53. The van der Waals surface area contributed by atoms with Crippen molar-refractivity contribution in [2.75, 3.05) is 52.5 Å². The van der Waals surface area contributed by atoms with Gasteiger partial charge in [0, 0.05) is 45.7 Å². The molecule has 8 heteroatoms. The van der Waals surface area contributed by atoms with Crippen LogP contribution in [0.4, 0.5) is 0 Å². The molecule has 1 aromatic rings. The predicted molar refractivity (Wildman–Crippen MR) is 88.0 cm³/mol. The standard InChI is InChI=1S/C17H23N3O5/c1-2-13-3-4-14(25-13)15(21)18-5-7-19(8-6-18)16(22)17(23)20-9-11-24-12-10-20/h3-4H,2,5-12H2,1H3. The minimum Gasteiger partial charge on any atom is -0.456 e. The maximum absolute atomic E-state index is 12.4. The zero-order chi connectivity index (χ0) is 17.8. The van der Waals surface area contributed by atoms with Crippen molar-refractivity contribution in [1.29, 1.82) is 0 Å². The molecule has 2 aliphatic heterocycles. The zero-order valence-corrected chi connectivity index (χ0v) is 14.4. The normalized spacial score (nSPS) is 18.4. The van der Waals surface area contributed by atoms with Crippen LogP contribution in [0.3, 0.4) is 0 Å². The summed E-state index contributed by atoms with van der Waals surface area (Å²) in [6.07, 6.45) is 0.735. The molecule has 0 unspecified atom stereocenters. The van der Waals surface area contributed by atoms with E-state index in [-0.39, 0.29) is 5.91 Å². The zero-order valence-electron chi connectivity index (χ0n) is 14.4. The Morgan fingerprint density at radius 3 is 2.00 bits per heavy atom. The summed E-state index contributed by atoms with van der Waals surface area (Å²) >= 11 is 0. The number of piperazine rings is 1. The Morgan fingerprint density at radius 2 is 1.44 bits per heavy atom. The fourth-order valence-electron chi connectivity index (χ4n) is 2.99. The third-order valence-electron chi connectivity index (χ3n) is 4.56. The molecule has 0 aliphatic carbocycles. The SMILES string of the molecule is CCc1ccc(C(=O)N2CCN(C(=O)C(=O)N3CCOCC3)CC2)o1. The van der Waals surface area contributed by atoms with E-state index in [1.54, 1.807) is 17.0 Å². The third-order valence-corrected chi connectivity index (χ3v) is 4.56. The van der Waals surface area contributed by atoms with Crippen LogP contribution in [0.1, 0.15) is 23.2 Å². The van der Waals surface area contributed by atoms with Crippen molar-refractivity contribution in [3.05, 3.63) is 23.7 Å². The lowest BCUT2D eigenvalue weighted by Crippen LogP contribution is -2.55. The third kappa shape index (κ3) is 3.84. The van der Waals surface area contributed by atoms with Gasteiger partial charge in [-0.25, -0.2) is 0 Å². The molecule has 0 aromatic carbocycles. The number of carbonyl (C=O) groups is 3. The minimum atomic E-state index is -0.500. The van der Waals surface area contributed by atoms with Gasteiger partial charge in [0.2, 0.25) is 0 Å².